The predicted octanol–water partition coefficient (Wildman–Crippen LogP) is 2.95. The Morgan fingerprint density at radius 2 is 1.87 bits per heavy atom. The van der Waals surface area contributed by atoms with Crippen LogP contribution in [0.5, 0.6) is 5.75 Å². The maximum atomic E-state index is 12.3. The molecule has 0 aliphatic carbocycles. The first-order valence-electron chi connectivity index (χ1n) is 10.4. The molecule has 0 bridgehead atoms. The minimum Gasteiger partial charge on any atom is -0.495 e. The Bertz CT molecular complexity index is 1010. The number of piperidine rings is 1. The van der Waals surface area contributed by atoms with E-state index in [1.54, 1.807) is 19.5 Å². The fourth-order valence-corrected chi connectivity index (χ4v) is 3.63. The van der Waals surface area contributed by atoms with E-state index in [2.05, 4.69) is 30.5 Å². The fraction of sp³-hybridized carbons (Fsp3) is 0.304. The number of benzene rings is 1. The van der Waals surface area contributed by atoms with Gasteiger partial charge in [0.2, 0.25) is 11.9 Å². The fourth-order valence-electron chi connectivity index (χ4n) is 3.63. The highest BCUT2D eigenvalue weighted by atomic mass is 16.5. The molecule has 0 atom stereocenters. The van der Waals surface area contributed by atoms with E-state index >= 15 is 0 Å². The molecule has 0 saturated carbocycles. The summed E-state index contributed by atoms with van der Waals surface area (Å²) in [7, 11) is 1.64. The van der Waals surface area contributed by atoms with Gasteiger partial charge in [0.15, 0.2) is 0 Å². The maximum Gasteiger partial charge on any atom is 0.227 e. The van der Waals surface area contributed by atoms with Gasteiger partial charge in [-0.1, -0.05) is 18.2 Å². The van der Waals surface area contributed by atoms with Crippen LogP contribution in [-0.4, -0.2) is 47.1 Å². The minimum atomic E-state index is 0.0106. The summed E-state index contributed by atoms with van der Waals surface area (Å²) in [6.45, 7) is 1.57. The van der Waals surface area contributed by atoms with Crippen molar-refractivity contribution >= 4 is 23.4 Å². The van der Waals surface area contributed by atoms with Gasteiger partial charge in [0.1, 0.15) is 11.6 Å². The lowest BCUT2D eigenvalue weighted by Crippen LogP contribution is -2.45. The Hall–Kier alpha value is -3.68. The number of carbonyl (C=O) groups is 1. The van der Waals surface area contributed by atoms with Crippen molar-refractivity contribution in [2.45, 2.75) is 25.3 Å². The van der Waals surface area contributed by atoms with Crippen molar-refractivity contribution < 1.29 is 9.53 Å². The summed E-state index contributed by atoms with van der Waals surface area (Å²) in [6, 6.07) is 15.3. The third-order valence-electron chi connectivity index (χ3n) is 5.22. The van der Waals surface area contributed by atoms with Gasteiger partial charge in [-0.2, -0.15) is 4.98 Å². The Morgan fingerprint density at radius 1 is 1.06 bits per heavy atom. The number of ether oxygens (including phenoxy) is 1. The molecule has 2 aromatic heterocycles. The van der Waals surface area contributed by atoms with E-state index in [4.69, 9.17) is 4.74 Å². The molecule has 0 radical (unpaired) electrons. The lowest BCUT2D eigenvalue weighted by molar-refractivity contribution is -0.121. The van der Waals surface area contributed by atoms with Gasteiger partial charge in [0, 0.05) is 37.2 Å². The van der Waals surface area contributed by atoms with E-state index in [1.165, 1.54) is 0 Å². The highest BCUT2D eigenvalue weighted by Crippen LogP contribution is 2.27. The molecule has 4 rings (SSSR count). The van der Waals surface area contributed by atoms with Crippen LogP contribution in [0.2, 0.25) is 0 Å². The zero-order chi connectivity index (χ0) is 21.5. The summed E-state index contributed by atoms with van der Waals surface area (Å²) in [6.07, 6.45) is 5.46. The minimum absolute atomic E-state index is 0.0106. The number of rotatable bonds is 7. The van der Waals surface area contributed by atoms with Crippen molar-refractivity contribution in [1.82, 2.24) is 20.3 Å². The molecule has 1 fully saturated rings. The van der Waals surface area contributed by atoms with Gasteiger partial charge in [-0.15, -0.1) is 0 Å². The topological polar surface area (TPSA) is 92.3 Å². The number of pyridine rings is 1. The zero-order valence-electron chi connectivity index (χ0n) is 17.5. The average Bonchev–Trinajstić information content (AvgIpc) is 2.81. The summed E-state index contributed by atoms with van der Waals surface area (Å²) in [5.74, 6) is 2.15. The summed E-state index contributed by atoms with van der Waals surface area (Å²) >= 11 is 0. The first-order valence-corrected chi connectivity index (χ1v) is 10.4. The van der Waals surface area contributed by atoms with Crippen molar-refractivity contribution in [1.29, 1.82) is 0 Å². The summed E-state index contributed by atoms with van der Waals surface area (Å²) in [5.41, 5.74) is 1.63. The molecule has 1 amide bonds. The standard InChI is InChI=1S/C23H26N6O2/c1-31-20-8-3-2-7-19(20)27-21-9-13-25-23(28-21)29-14-10-17(11-15-29)26-22(30)16-18-6-4-5-12-24-18/h2-9,12-13,17H,10-11,14-16H2,1H3,(H,26,30)(H,25,27,28). The second kappa shape index (κ2) is 9.88. The lowest BCUT2D eigenvalue weighted by atomic mass is 10.0. The van der Waals surface area contributed by atoms with Crippen LogP contribution in [0.4, 0.5) is 17.5 Å². The number of hydrogen-bond donors (Lipinski definition) is 2. The van der Waals surface area contributed by atoms with Crippen LogP contribution in [0.3, 0.4) is 0 Å². The Morgan fingerprint density at radius 3 is 2.65 bits per heavy atom. The second-order valence-corrected chi connectivity index (χ2v) is 7.39. The number of amides is 1. The van der Waals surface area contributed by atoms with Crippen molar-refractivity contribution in [3.8, 4) is 5.75 Å². The van der Waals surface area contributed by atoms with Crippen molar-refractivity contribution in [2.75, 3.05) is 30.4 Å². The molecule has 1 aromatic carbocycles. The van der Waals surface area contributed by atoms with Gasteiger partial charge in [-0.3, -0.25) is 9.78 Å². The van der Waals surface area contributed by atoms with Crippen LogP contribution in [-0.2, 0) is 11.2 Å². The number of anilines is 3. The van der Waals surface area contributed by atoms with E-state index in [1.807, 2.05) is 48.5 Å². The SMILES string of the molecule is COc1ccccc1Nc1ccnc(N2CCC(NC(=O)Cc3ccccn3)CC2)n1. The smallest absolute Gasteiger partial charge is 0.227 e. The first-order chi connectivity index (χ1) is 15.2. The van der Waals surface area contributed by atoms with Gasteiger partial charge >= 0.3 is 0 Å². The first kappa shape index (κ1) is 20.6. The molecule has 160 valence electrons. The maximum absolute atomic E-state index is 12.3. The second-order valence-electron chi connectivity index (χ2n) is 7.39. The van der Waals surface area contributed by atoms with Gasteiger partial charge in [-0.05, 0) is 43.2 Å². The normalized spacial score (nSPS) is 14.2. The third-order valence-corrected chi connectivity index (χ3v) is 5.22. The van der Waals surface area contributed by atoms with Crippen molar-refractivity contribution in [3.63, 3.8) is 0 Å². The van der Waals surface area contributed by atoms with Gasteiger partial charge in [-0.25, -0.2) is 4.98 Å². The predicted molar refractivity (Wildman–Crippen MR) is 120 cm³/mol. The molecule has 8 heteroatoms. The van der Waals surface area contributed by atoms with Gasteiger partial charge < -0.3 is 20.3 Å². The van der Waals surface area contributed by atoms with Crippen LogP contribution in [0, 0.1) is 0 Å². The Kier molecular flexibility index (Phi) is 6.56. The molecular formula is C23H26N6O2. The molecule has 0 unspecified atom stereocenters. The molecule has 3 aromatic rings. The molecule has 3 heterocycles. The number of aromatic nitrogens is 3. The number of nitrogens with one attached hydrogen (secondary N) is 2. The molecule has 31 heavy (non-hydrogen) atoms. The number of hydrogen-bond acceptors (Lipinski definition) is 7. The van der Waals surface area contributed by atoms with Gasteiger partial charge in [0.25, 0.3) is 0 Å². The third kappa shape index (κ3) is 5.48. The van der Waals surface area contributed by atoms with Gasteiger partial charge in [0.05, 0.1) is 19.2 Å². The van der Waals surface area contributed by atoms with Crippen LogP contribution in [0.15, 0.2) is 60.9 Å². The summed E-state index contributed by atoms with van der Waals surface area (Å²) in [5, 5.41) is 6.42. The molecular weight excluding hydrogens is 392 g/mol. The lowest BCUT2D eigenvalue weighted by Gasteiger charge is -2.32. The summed E-state index contributed by atoms with van der Waals surface area (Å²) < 4.78 is 5.39. The van der Waals surface area contributed by atoms with Crippen LogP contribution in [0.25, 0.3) is 0 Å². The van der Waals surface area contributed by atoms with E-state index in [-0.39, 0.29) is 11.9 Å². The van der Waals surface area contributed by atoms with Crippen LogP contribution in [0.1, 0.15) is 18.5 Å². The highest BCUT2D eigenvalue weighted by molar-refractivity contribution is 5.78. The van der Waals surface area contributed by atoms with E-state index < -0.39 is 0 Å². The van der Waals surface area contributed by atoms with Crippen molar-refractivity contribution in [3.05, 3.63) is 66.6 Å². The molecule has 0 spiro atoms. The Balaban J connectivity index is 1.31. The molecule has 2 N–H and O–H groups in total. The number of para-hydroxylation sites is 2. The highest BCUT2D eigenvalue weighted by Gasteiger charge is 2.22. The molecule has 1 saturated heterocycles. The molecule has 8 nitrogen and oxygen atoms in total. The quantitative estimate of drug-likeness (QED) is 0.609. The number of carbonyl (C=O) groups excluding carboxylic acids is 1. The average molecular weight is 419 g/mol. The zero-order valence-corrected chi connectivity index (χ0v) is 17.5. The largest absolute Gasteiger partial charge is 0.495 e. The summed E-state index contributed by atoms with van der Waals surface area (Å²) in [4.78, 5) is 27.8. The molecule has 1 aliphatic rings. The Labute approximate surface area is 181 Å². The van der Waals surface area contributed by atoms with Crippen LogP contribution >= 0.6 is 0 Å². The number of methoxy groups -OCH3 is 1. The van der Waals surface area contributed by atoms with Crippen LogP contribution < -0.4 is 20.3 Å². The van der Waals surface area contributed by atoms with E-state index in [9.17, 15) is 4.79 Å². The van der Waals surface area contributed by atoms with Crippen molar-refractivity contribution in [2.24, 2.45) is 0 Å². The molecule has 1 aliphatic heterocycles. The van der Waals surface area contributed by atoms with E-state index in [0.717, 1.165) is 43.1 Å². The number of nitrogens with zero attached hydrogens (tertiary/aromatic N) is 4. The van der Waals surface area contributed by atoms with E-state index in [0.29, 0.717) is 18.2 Å². The monoisotopic (exact) mass is 418 g/mol.